The van der Waals surface area contributed by atoms with Gasteiger partial charge in [-0.3, -0.25) is 0 Å². The summed E-state index contributed by atoms with van der Waals surface area (Å²) in [6.07, 6.45) is 0. The standard InChI is InChI=1S/C14H4F4/c15-9-3-5-11(17)13-7(9)1-2-8-10(16)4-6-12(18)14(8)13/h1-2,5-6H. The molecule has 3 aromatic carbocycles. The lowest BCUT2D eigenvalue weighted by Gasteiger charge is -2.07. The maximum Gasteiger partial charge on any atom is 0.139 e. The highest BCUT2D eigenvalue weighted by atomic mass is 19.1. The van der Waals surface area contributed by atoms with Crippen molar-refractivity contribution < 1.29 is 17.6 Å². The summed E-state index contributed by atoms with van der Waals surface area (Å²) in [6, 6.07) is 8.08. The lowest BCUT2D eigenvalue weighted by Crippen LogP contribution is -1.91. The molecule has 0 N–H and O–H groups in total. The molecule has 0 aliphatic carbocycles. The SMILES string of the molecule is Fc1[c]cc(F)c2c1ccc1c(F)[c]cc(F)c12. The van der Waals surface area contributed by atoms with Crippen LogP contribution in [0.4, 0.5) is 17.6 Å². The van der Waals surface area contributed by atoms with Gasteiger partial charge in [-0.2, -0.15) is 0 Å². The van der Waals surface area contributed by atoms with Crippen molar-refractivity contribution in [2.24, 2.45) is 0 Å². The topological polar surface area (TPSA) is 0 Å². The molecular formula is C14H4F4. The third kappa shape index (κ3) is 1.38. The fraction of sp³-hybridized carbons (Fsp3) is 0. The van der Waals surface area contributed by atoms with Gasteiger partial charge in [-0.25, -0.2) is 17.6 Å². The molecule has 0 saturated carbocycles. The highest BCUT2D eigenvalue weighted by Crippen LogP contribution is 2.32. The van der Waals surface area contributed by atoms with Crippen LogP contribution < -0.4 is 0 Å². The van der Waals surface area contributed by atoms with E-state index in [9.17, 15) is 17.6 Å². The second kappa shape index (κ2) is 3.70. The molecule has 2 radical (unpaired) electrons. The molecule has 18 heavy (non-hydrogen) atoms. The predicted octanol–water partition coefficient (Wildman–Crippen LogP) is 4.15. The van der Waals surface area contributed by atoms with E-state index in [2.05, 4.69) is 12.1 Å². The van der Waals surface area contributed by atoms with E-state index >= 15 is 0 Å². The predicted molar refractivity (Wildman–Crippen MR) is 59.0 cm³/mol. The van der Waals surface area contributed by atoms with E-state index in [0.717, 1.165) is 12.1 Å². The van der Waals surface area contributed by atoms with Gasteiger partial charge in [0.2, 0.25) is 0 Å². The monoisotopic (exact) mass is 248 g/mol. The van der Waals surface area contributed by atoms with Gasteiger partial charge in [0.05, 0.1) is 0 Å². The molecule has 88 valence electrons. The first-order valence-corrected chi connectivity index (χ1v) is 5.07. The van der Waals surface area contributed by atoms with Crippen molar-refractivity contribution in [2.75, 3.05) is 0 Å². The fourth-order valence-electron chi connectivity index (χ4n) is 2.02. The van der Waals surface area contributed by atoms with Crippen LogP contribution in [0.15, 0.2) is 24.3 Å². The Morgan fingerprint density at radius 2 is 1.06 bits per heavy atom. The Morgan fingerprint density at radius 1 is 0.667 bits per heavy atom. The molecule has 0 aliphatic heterocycles. The van der Waals surface area contributed by atoms with E-state index in [0.29, 0.717) is 0 Å². The largest absolute Gasteiger partial charge is 0.206 e. The van der Waals surface area contributed by atoms with Crippen LogP contribution in [0.2, 0.25) is 0 Å². The lowest BCUT2D eigenvalue weighted by atomic mass is 10.0. The van der Waals surface area contributed by atoms with E-state index in [1.54, 1.807) is 0 Å². The highest BCUT2D eigenvalue weighted by Gasteiger charge is 2.15. The third-order valence-corrected chi connectivity index (χ3v) is 2.81. The van der Waals surface area contributed by atoms with Gasteiger partial charge >= 0.3 is 0 Å². The Bertz CT molecular complexity index is 711. The van der Waals surface area contributed by atoms with Gasteiger partial charge in [-0.05, 0) is 12.1 Å². The van der Waals surface area contributed by atoms with Crippen LogP contribution in [-0.2, 0) is 0 Å². The van der Waals surface area contributed by atoms with Crippen LogP contribution in [0.1, 0.15) is 0 Å². The quantitative estimate of drug-likeness (QED) is 0.414. The van der Waals surface area contributed by atoms with Crippen LogP contribution in [0.5, 0.6) is 0 Å². The average Bonchev–Trinajstić information content (AvgIpc) is 2.37. The number of hydrogen-bond donors (Lipinski definition) is 0. The lowest BCUT2D eigenvalue weighted by molar-refractivity contribution is 0.609. The molecule has 0 heterocycles. The van der Waals surface area contributed by atoms with Gasteiger partial charge < -0.3 is 0 Å². The van der Waals surface area contributed by atoms with Gasteiger partial charge in [0, 0.05) is 33.7 Å². The second-order valence-corrected chi connectivity index (χ2v) is 3.81. The maximum absolute atomic E-state index is 13.7. The zero-order valence-electron chi connectivity index (χ0n) is 8.82. The summed E-state index contributed by atoms with van der Waals surface area (Å²) in [5.41, 5.74) is 0. The van der Waals surface area contributed by atoms with E-state index in [1.165, 1.54) is 12.1 Å². The summed E-state index contributed by atoms with van der Waals surface area (Å²) in [7, 11) is 0. The van der Waals surface area contributed by atoms with Crippen molar-refractivity contribution in [2.45, 2.75) is 0 Å². The minimum absolute atomic E-state index is 0.132. The molecule has 4 heteroatoms. The van der Waals surface area contributed by atoms with Gasteiger partial charge in [-0.1, -0.05) is 12.1 Å². The fourth-order valence-corrected chi connectivity index (χ4v) is 2.02. The first-order valence-electron chi connectivity index (χ1n) is 5.07. The summed E-state index contributed by atoms with van der Waals surface area (Å²) < 4.78 is 54.4. The summed E-state index contributed by atoms with van der Waals surface area (Å²) in [6.45, 7) is 0. The van der Waals surface area contributed by atoms with Crippen molar-refractivity contribution in [3.8, 4) is 0 Å². The Kier molecular flexibility index (Phi) is 2.26. The van der Waals surface area contributed by atoms with Crippen LogP contribution in [-0.4, -0.2) is 0 Å². The second-order valence-electron chi connectivity index (χ2n) is 3.81. The molecule has 0 bridgehead atoms. The molecule has 0 unspecified atom stereocenters. The zero-order chi connectivity index (χ0) is 12.9. The first kappa shape index (κ1) is 11.0. The van der Waals surface area contributed by atoms with Crippen molar-refractivity contribution in [3.63, 3.8) is 0 Å². The van der Waals surface area contributed by atoms with Crippen molar-refractivity contribution >= 4 is 21.5 Å². The van der Waals surface area contributed by atoms with Crippen molar-refractivity contribution in [3.05, 3.63) is 59.7 Å². The average molecular weight is 248 g/mol. The minimum Gasteiger partial charge on any atom is -0.206 e. The Hall–Kier alpha value is -2.10. The zero-order valence-corrected chi connectivity index (χ0v) is 8.82. The smallest absolute Gasteiger partial charge is 0.139 e. The van der Waals surface area contributed by atoms with E-state index < -0.39 is 23.3 Å². The normalized spacial score (nSPS) is 11.3. The molecule has 0 aromatic heterocycles. The van der Waals surface area contributed by atoms with Crippen LogP contribution in [0.3, 0.4) is 0 Å². The third-order valence-electron chi connectivity index (χ3n) is 2.81. The molecule has 0 fully saturated rings. The number of rotatable bonds is 0. The number of fused-ring (bicyclic) bond motifs is 3. The van der Waals surface area contributed by atoms with Gasteiger partial charge in [-0.15, -0.1) is 0 Å². The Labute approximate surface area is 99.5 Å². The molecular weight excluding hydrogens is 244 g/mol. The van der Waals surface area contributed by atoms with Crippen LogP contribution in [0.25, 0.3) is 21.5 Å². The van der Waals surface area contributed by atoms with E-state index in [1.807, 2.05) is 0 Å². The number of benzene rings is 3. The molecule has 0 saturated heterocycles. The van der Waals surface area contributed by atoms with E-state index in [4.69, 9.17) is 0 Å². The molecule has 0 spiro atoms. The first-order chi connectivity index (χ1) is 8.59. The molecule has 0 aliphatic rings. The van der Waals surface area contributed by atoms with Crippen molar-refractivity contribution in [1.29, 1.82) is 0 Å². The Morgan fingerprint density at radius 3 is 1.44 bits per heavy atom. The summed E-state index contributed by atoms with van der Waals surface area (Å²) in [5.74, 6) is -3.30. The number of hydrogen-bond acceptors (Lipinski definition) is 0. The van der Waals surface area contributed by atoms with Crippen LogP contribution in [0, 0.1) is 35.4 Å². The van der Waals surface area contributed by atoms with Gasteiger partial charge in [0.15, 0.2) is 0 Å². The maximum atomic E-state index is 13.7. The number of halogens is 4. The minimum atomic E-state index is -0.846. The van der Waals surface area contributed by atoms with Crippen molar-refractivity contribution in [1.82, 2.24) is 0 Å². The molecule has 0 nitrogen and oxygen atoms in total. The molecule has 0 amide bonds. The molecule has 0 atom stereocenters. The summed E-state index contributed by atoms with van der Waals surface area (Å²) in [5, 5.41) is -0.831. The van der Waals surface area contributed by atoms with Gasteiger partial charge in [0.25, 0.3) is 0 Å². The Balaban J connectivity index is 2.69. The van der Waals surface area contributed by atoms with Gasteiger partial charge in [0.1, 0.15) is 23.3 Å². The summed E-state index contributed by atoms with van der Waals surface area (Å²) in [4.78, 5) is 0. The highest BCUT2D eigenvalue weighted by molar-refractivity contribution is 6.08. The van der Waals surface area contributed by atoms with Crippen LogP contribution >= 0.6 is 0 Å². The molecule has 3 aromatic rings. The molecule has 3 rings (SSSR count). The summed E-state index contributed by atoms with van der Waals surface area (Å²) >= 11 is 0. The van der Waals surface area contributed by atoms with E-state index in [-0.39, 0.29) is 21.5 Å².